The van der Waals surface area contributed by atoms with E-state index >= 15 is 0 Å². The van der Waals surface area contributed by atoms with Crippen LogP contribution in [0.5, 0.6) is 0 Å². The first-order chi connectivity index (χ1) is 6.29. The van der Waals surface area contributed by atoms with Crippen LogP contribution in [-0.2, 0) is 0 Å². The molecule has 1 fully saturated rings. The van der Waals surface area contributed by atoms with E-state index in [-0.39, 0.29) is 0 Å². The third-order valence-electron chi connectivity index (χ3n) is 2.31. The number of pyridine rings is 1. The van der Waals surface area contributed by atoms with Gasteiger partial charge in [0.05, 0.1) is 0 Å². The predicted octanol–water partition coefficient (Wildman–Crippen LogP) is 1.14. The van der Waals surface area contributed by atoms with Gasteiger partial charge in [-0.25, -0.2) is 4.98 Å². The molecule has 0 amide bonds. The van der Waals surface area contributed by atoms with E-state index in [0.29, 0.717) is 11.2 Å². The van der Waals surface area contributed by atoms with Crippen LogP contribution < -0.4 is 10.2 Å². The topological polar surface area (TPSA) is 28.2 Å². The highest BCUT2D eigenvalue weighted by atomic mass is 35.5. The maximum atomic E-state index is 5.79. The molecular weight excluding hydrogens is 186 g/mol. The zero-order valence-electron chi connectivity index (χ0n) is 7.50. The first-order valence-corrected chi connectivity index (χ1v) is 4.72. The summed E-state index contributed by atoms with van der Waals surface area (Å²) in [4.78, 5) is 6.43. The molecule has 0 unspecified atom stereocenters. The van der Waals surface area contributed by atoms with Gasteiger partial charge in [0.1, 0.15) is 11.0 Å². The average Bonchev–Trinajstić information content (AvgIpc) is 2.02. The maximum absolute atomic E-state index is 5.79. The molecule has 4 heteroatoms. The summed E-state index contributed by atoms with van der Waals surface area (Å²) in [7, 11) is 1.98. The maximum Gasteiger partial charge on any atom is 0.131 e. The van der Waals surface area contributed by atoms with Gasteiger partial charge in [-0.2, -0.15) is 0 Å². The fourth-order valence-electron chi connectivity index (χ4n) is 1.42. The first-order valence-electron chi connectivity index (χ1n) is 4.34. The smallest absolute Gasteiger partial charge is 0.131 e. The van der Waals surface area contributed by atoms with Crippen molar-refractivity contribution in [2.24, 2.45) is 0 Å². The largest absolute Gasteiger partial charge is 0.353 e. The molecular formula is C9H12ClN3. The van der Waals surface area contributed by atoms with Gasteiger partial charge in [-0.15, -0.1) is 0 Å². The van der Waals surface area contributed by atoms with E-state index in [0.717, 1.165) is 18.9 Å². The molecule has 1 aliphatic heterocycles. The Morgan fingerprint density at radius 3 is 2.92 bits per heavy atom. The second-order valence-electron chi connectivity index (χ2n) is 3.21. The summed E-state index contributed by atoms with van der Waals surface area (Å²) in [5.41, 5.74) is 0. The Morgan fingerprint density at radius 2 is 2.31 bits per heavy atom. The average molecular weight is 198 g/mol. The number of nitrogens with zero attached hydrogens (tertiary/aromatic N) is 2. The van der Waals surface area contributed by atoms with Gasteiger partial charge < -0.3 is 10.2 Å². The van der Waals surface area contributed by atoms with E-state index in [1.165, 1.54) is 0 Å². The Labute approximate surface area is 82.7 Å². The van der Waals surface area contributed by atoms with Crippen LogP contribution >= 0.6 is 11.6 Å². The van der Waals surface area contributed by atoms with Crippen molar-refractivity contribution in [3.8, 4) is 0 Å². The lowest BCUT2D eigenvalue weighted by molar-refractivity contribution is 0.447. The number of anilines is 1. The van der Waals surface area contributed by atoms with Gasteiger partial charge >= 0.3 is 0 Å². The van der Waals surface area contributed by atoms with Gasteiger partial charge in [-0.1, -0.05) is 17.7 Å². The summed E-state index contributed by atoms with van der Waals surface area (Å²) >= 11 is 5.79. The Hall–Kier alpha value is -0.800. The van der Waals surface area contributed by atoms with E-state index in [4.69, 9.17) is 11.6 Å². The van der Waals surface area contributed by atoms with Crippen LogP contribution in [0.2, 0.25) is 5.15 Å². The Kier molecular flexibility index (Phi) is 2.38. The van der Waals surface area contributed by atoms with Gasteiger partial charge in [0.2, 0.25) is 0 Å². The molecule has 1 aliphatic rings. The molecule has 1 saturated heterocycles. The second-order valence-corrected chi connectivity index (χ2v) is 3.60. The molecule has 1 N–H and O–H groups in total. The molecule has 70 valence electrons. The number of hydrogen-bond acceptors (Lipinski definition) is 3. The molecule has 3 nitrogen and oxygen atoms in total. The van der Waals surface area contributed by atoms with Crippen molar-refractivity contribution < 1.29 is 0 Å². The highest BCUT2D eigenvalue weighted by Gasteiger charge is 2.25. The lowest BCUT2D eigenvalue weighted by atomic mass is 10.1. The molecule has 2 rings (SSSR count). The standard InChI is InChI=1S/C9H12ClN3/c1-11-7-5-13(6-7)9-4-2-3-8(10)12-9/h2-4,7,11H,5-6H2,1H3. The molecule has 0 saturated carbocycles. The summed E-state index contributed by atoms with van der Waals surface area (Å²) in [5, 5.41) is 3.77. The summed E-state index contributed by atoms with van der Waals surface area (Å²) in [5.74, 6) is 0.971. The van der Waals surface area contributed by atoms with Gasteiger partial charge in [-0.05, 0) is 19.2 Å². The monoisotopic (exact) mass is 197 g/mol. The number of aromatic nitrogens is 1. The van der Waals surface area contributed by atoms with Crippen LogP contribution in [0.25, 0.3) is 0 Å². The van der Waals surface area contributed by atoms with Crippen LogP contribution in [0.3, 0.4) is 0 Å². The van der Waals surface area contributed by atoms with Crippen molar-refractivity contribution >= 4 is 17.4 Å². The predicted molar refractivity (Wildman–Crippen MR) is 54.3 cm³/mol. The Bertz CT molecular complexity index is 297. The van der Waals surface area contributed by atoms with Crippen LogP contribution in [-0.4, -0.2) is 31.2 Å². The van der Waals surface area contributed by atoms with Gasteiger partial charge in [0, 0.05) is 19.1 Å². The molecule has 1 aromatic rings. The number of halogens is 1. The van der Waals surface area contributed by atoms with E-state index in [1.54, 1.807) is 6.07 Å². The summed E-state index contributed by atoms with van der Waals surface area (Å²) < 4.78 is 0. The fourth-order valence-corrected chi connectivity index (χ4v) is 1.58. The third-order valence-corrected chi connectivity index (χ3v) is 2.52. The number of hydrogen-bond donors (Lipinski definition) is 1. The van der Waals surface area contributed by atoms with Gasteiger partial charge in [-0.3, -0.25) is 0 Å². The molecule has 1 aromatic heterocycles. The molecule has 13 heavy (non-hydrogen) atoms. The Morgan fingerprint density at radius 1 is 1.54 bits per heavy atom. The highest BCUT2D eigenvalue weighted by Crippen LogP contribution is 2.19. The number of nitrogens with one attached hydrogen (secondary N) is 1. The normalized spacial score (nSPS) is 17.2. The lowest BCUT2D eigenvalue weighted by Gasteiger charge is -2.39. The summed E-state index contributed by atoms with van der Waals surface area (Å²) in [6, 6.07) is 6.30. The lowest BCUT2D eigenvalue weighted by Crippen LogP contribution is -2.57. The van der Waals surface area contributed by atoms with E-state index < -0.39 is 0 Å². The molecule has 0 spiro atoms. The minimum atomic E-state index is 0.561. The minimum absolute atomic E-state index is 0.561. The molecule has 0 radical (unpaired) electrons. The molecule has 0 aliphatic carbocycles. The molecule has 0 aromatic carbocycles. The quantitative estimate of drug-likeness (QED) is 0.721. The highest BCUT2D eigenvalue weighted by molar-refractivity contribution is 6.29. The third kappa shape index (κ3) is 1.76. The van der Waals surface area contributed by atoms with E-state index in [1.807, 2.05) is 19.2 Å². The van der Waals surface area contributed by atoms with Gasteiger partial charge in [0.15, 0.2) is 0 Å². The van der Waals surface area contributed by atoms with Crippen LogP contribution in [0.15, 0.2) is 18.2 Å². The summed E-state index contributed by atoms with van der Waals surface area (Å²) in [6.45, 7) is 2.04. The number of rotatable bonds is 2. The van der Waals surface area contributed by atoms with Crippen LogP contribution in [0.1, 0.15) is 0 Å². The zero-order valence-corrected chi connectivity index (χ0v) is 8.25. The molecule has 2 heterocycles. The van der Waals surface area contributed by atoms with E-state index in [2.05, 4.69) is 15.2 Å². The first kappa shape index (κ1) is 8.78. The van der Waals surface area contributed by atoms with Crippen molar-refractivity contribution in [3.05, 3.63) is 23.4 Å². The molecule has 0 atom stereocenters. The number of likely N-dealkylation sites (N-methyl/N-ethyl adjacent to an activating group) is 1. The van der Waals surface area contributed by atoms with Crippen molar-refractivity contribution in [3.63, 3.8) is 0 Å². The zero-order chi connectivity index (χ0) is 9.26. The second kappa shape index (κ2) is 3.52. The summed E-state index contributed by atoms with van der Waals surface area (Å²) in [6.07, 6.45) is 0. The van der Waals surface area contributed by atoms with Crippen molar-refractivity contribution in [2.75, 3.05) is 25.0 Å². The van der Waals surface area contributed by atoms with Crippen molar-refractivity contribution in [1.29, 1.82) is 0 Å². The van der Waals surface area contributed by atoms with Crippen LogP contribution in [0.4, 0.5) is 5.82 Å². The fraction of sp³-hybridized carbons (Fsp3) is 0.444. The van der Waals surface area contributed by atoms with Gasteiger partial charge in [0.25, 0.3) is 0 Å². The van der Waals surface area contributed by atoms with E-state index in [9.17, 15) is 0 Å². The molecule has 0 bridgehead atoms. The van der Waals surface area contributed by atoms with Crippen molar-refractivity contribution in [2.45, 2.75) is 6.04 Å². The minimum Gasteiger partial charge on any atom is -0.353 e. The SMILES string of the molecule is CNC1CN(c2cccc(Cl)n2)C1. The van der Waals surface area contributed by atoms with Crippen LogP contribution in [0, 0.1) is 0 Å². The Balaban J connectivity index is 2.03. The van der Waals surface area contributed by atoms with Crippen molar-refractivity contribution in [1.82, 2.24) is 10.3 Å².